The fourth-order valence-electron chi connectivity index (χ4n) is 2.32. The predicted octanol–water partition coefficient (Wildman–Crippen LogP) is 0.974. The third kappa shape index (κ3) is 2.94. The van der Waals surface area contributed by atoms with Crippen molar-refractivity contribution in [2.75, 3.05) is 38.0 Å². The van der Waals surface area contributed by atoms with Crippen molar-refractivity contribution in [2.24, 2.45) is 0 Å². The second-order valence-electron chi connectivity index (χ2n) is 4.88. The Labute approximate surface area is 119 Å². The highest BCUT2D eigenvalue weighted by molar-refractivity contribution is 7.90. The van der Waals surface area contributed by atoms with Gasteiger partial charge in [0.05, 0.1) is 5.69 Å². The van der Waals surface area contributed by atoms with Crippen molar-refractivity contribution in [3.8, 4) is 0 Å². The zero-order chi connectivity index (χ0) is 14.8. The van der Waals surface area contributed by atoms with E-state index >= 15 is 0 Å². The van der Waals surface area contributed by atoms with Crippen LogP contribution in [0.25, 0.3) is 0 Å². The molecule has 0 saturated carbocycles. The molecule has 0 bridgehead atoms. The molecule has 1 N–H and O–H groups in total. The molecule has 0 radical (unpaired) electrons. The van der Waals surface area contributed by atoms with Gasteiger partial charge in [0.15, 0.2) is 0 Å². The Morgan fingerprint density at radius 2 is 2.20 bits per heavy atom. The van der Waals surface area contributed by atoms with Crippen LogP contribution in [-0.2, 0) is 16.6 Å². The van der Waals surface area contributed by atoms with Gasteiger partial charge < -0.3 is 5.32 Å². The first-order valence-electron chi connectivity index (χ1n) is 6.64. The van der Waals surface area contributed by atoms with Crippen LogP contribution in [-0.4, -0.2) is 46.5 Å². The van der Waals surface area contributed by atoms with Crippen LogP contribution in [0.3, 0.4) is 0 Å². The lowest BCUT2D eigenvalue weighted by atomic mass is 10.2. The molecule has 112 valence electrons. The van der Waals surface area contributed by atoms with Crippen LogP contribution in [0.2, 0.25) is 0 Å². The molecule has 5 nitrogen and oxygen atoms in total. The van der Waals surface area contributed by atoms with Crippen molar-refractivity contribution in [3.63, 3.8) is 0 Å². The van der Waals surface area contributed by atoms with E-state index in [2.05, 4.69) is 5.32 Å². The van der Waals surface area contributed by atoms with Crippen LogP contribution in [0.15, 0.2) is 18.2 Å². The van der Waals surface area contributed by atoms with E-state index in [9.17, 15) is 12.8 Å². The van der Waals surface area contributed by atoms with Crippen molar-refractivity contribution < 1.29 is 12.8 Å². The fraction of sp³-hybridized carbons (Fsp3) is 0.538. The summed E-state index contributed by atoms with van der Waals surface area (Å²) in [5.74, 6) is -0.413. The maximum Gasteiger partial charge on any atom is 0.303 e. The van der Waals surface area contributed by atoms with Crippen LogP contribution in [0, 0.1) is 5.82 Å². The molecule has 0 aromatic heterocycles. The number of benzene rings is 1. The summed E-state index contributed by atoms with van der Waals surface area (Å²) in [6.07, 6.45) is 1.36. The number of nitrogens with one attached hydrogen (secondary N) is 1. The summed E-state index contributed by atoms with van der Waals surface area (Å²) in [7, 11) is -0.192. The van der Waals surface area contributed by atoms with Gasteiger partial charge in [-0.1, -0.05) is 6.07 Å². The first-order valence-corrected chi connectivity index (χ1v) is 8.03. The maximum absolute atomic E-state index is 13.3. The summed E-state index contributed by atoms with van der Waals surface area (Å²) in [6.45, 7) is 1.56. The van der Waals surface area contributed by atoms with Gasteiger partial charge in [-0.3, -0.25) is 4.31 Å². The van der Waals surface area contributed by atoms with E-state index < -0.39 is 16.0 Å². The maximum atomic E-state index is 13.3. The van der Waals surface area contributed by atoms with Gasteiger partial charge in [0.25, 0.3) is 0 Å². The highest BCUT2D eigenvalue weighted by atomic mass is 32.2. The number of fused-ring (bicyclic) bond motifs is 1. The smallest absolute Gasteiger partial charge is 0.303 e. The number of hydrogen-bond acceptors (Lipinski definition) is 3. The van der Waals surface area contributed by atoms with Gasteiger partial charge in [0.1, 0.15) is 5.82 Å². The molecule has 0 unspecified atom stereocenters. The van der Waals surface area contributed by atoms with Crippen LogP contribution in [0.5, 0.6) is 0 Å². The van der Waals surface area contributed by atoms with Crippen molar-refractivity contribution in [2.45, 2.75) is 12.8 Å². The quantitative estimate of drug-likeness (QED) is 0.797. The van der Waals surface area contributed by atoms with Gasteiger partial charge in [-0.25, -0.2) is 4.39 Å². The monoisotopic (exact) mass is 301 g/mol. The molecule has 2 rings (SSSR count). The molecular weight excluding hydrogens is 281 g/mol. The Morgan fingerprint density at radius 1 is 1.45 bits per heavy atom. The zero-order valence-electron chi connectivity index (χ0n) is 11.8. The topological polar surface area (TPSA) is 52.7 Å². The minimum absolute atomic E-state index is 0.373. The van der Waals surface area contributed by atoms with E-state index in [4.69, 9.17) is 0 Å². The van der Waals surface area contributed by atoms with E-state index in [1.54, 1.807) is 13.1 Å². The molecule has 1 aliphatic rings. The van der Waals surface area contributed by atoms with E-state index in [1.807, 2.05) is 7.05 Å². The molecule has 0 spiro atoms. The standard InChI is InChI=1S/C13H20FN3O2S/c1-15-7-3-8-16(2)20(18,19)17-9-6-11-4-5-12(14)10-13(11)17/h4-5,10,15H,3,6-9H2,1-2H3. The summed E-state index contributed by atoms with van der Waals surface area (Å²) in [5.41, 5.74) is 1.34. The molecule has 0 fully saturated rings. The molecule has 1 heterocycles. The van der Waals surface area contributed by atoms with Crippen molar-refractivity contribution >= 4 is 15.9 Å². The predicted molar refractivity (Wildman–Crippen MR) is 77.5 cm³/mol. The molecule has 0 amide bonds. The highest BCUT2D eigenvalue weighted by Crippen LogP contribution is 2.31. The van der Waals surface area contributed by atoms with E-state index in [0.29, 0.717) is 25.2 Å². The molecule has 1 aromatic rings. The summed E-state index contributed by atoms with van der Waals surface area (Å²) >= 11 is 0. The Balaban J connectivity index is 2.18. The van der Waals surface area contributed by atoms with Crippen LogP contribution >= 0.6 is 0 Å². The average molecular weight is 301 g/mol. The second kappa shape index (κ2) is 6.07. The molecular formula is C13H20FN3O2S. The summed E-state index contributed by atoms with van der Waals surface area (Å²) in [6, 6.07) is 4.31. The molecule has 0 saturated heterocycles. The lowest BCUT2D eigenvalue weighted by molar-refractivity contribution is 0.455. The third-order valence-corrected chi connectivity index (χ3v) is 5.38. The van der Waals surface area contributed by atoms with E-state index in [1.165, 1.54) is 20.7 Å². The van der Waals surface area contributed by atoms with Crippen LogP contribution in [0.1, 0.15) is 12.0 Å². The van der Waals surface area contributed by atoms with Gasteiger partial charge in [-0.2, -0.15) is 12.7 Å². The first-order chi connectivity index (χ1) is 9.46. The van der Waals surface area contributed by atoms with Gasteiger partial charge in [0, 0.05) is 20.1 Å². The fourth-order valence-corrected chi connectivity index (χ4v) is 3.76. The largest absolute Gasteiger partial charge is 0.320 e. The molecule has 1 aliphatic heterocycles. The van der Waals surface area contributed by atoms with Gasteiger partial charge in [-0.15, -0.1) is 0 Å². The van der Waals surface area contributed by atoms with Crippen molar-refractivity contribution in [1.29, 1.82) is 0 Å². The van der Waals surface area contributed by atoms with Crippen molar-refractivity contribution in [3.05, 3.63) is 29.6 Å². The number of hydrogen-bond donors (Lipinski definition) is 1. The molecule has 7 heteroatoms. The number of halogens is 1. The lowest BCUT2D eigenvalue weighted by Crippen LogP contribution is -2.42. The normalized spacial score (nSPS) is 14.9. The van der Waals surface area contributed by atoms with Crippen molar-refractivity contribution in [1.82, 2.24) is 9.62 Å². The second-order valence-corrected chi connectivity index (χ2v) is 6.84. The first kappa shape index (κ1) is 15.2. The molecule has 0 aliphatic carbocycles. The molecule has 20 heavy (non-hydrogen) atoms. The number of nitrogens with zero attached hydrogens (tertiary/aromatic N) is 2. The summed E-state index contributed by atoms with van der Waals surface area (Å²) < 4.78 is 41.0. The minimum Gasteiger partial charge on any atom is -0.320 e. The SMILES string of the molecule is CNCCCN(C)S(=O)(=O)N1CCc2ccc(F)cc21. The van der Waals surface area contributed by atoms with Gasteiger partial charge >= 0.3 is 10.2 Å². The van der Waals surface area contributed by atoms with Crippen LogP contribution in [0.4, 0.5) is 10.1 Å². The van der Waals surface area contributed by atoms with Gasteiger partial charge in [-0.05, 0) is 44.1 Å². The summed E-state index contributed by atoms with van der Waals surface area (Å²) in [4.78, 5) is 0. The molecule has 0 atom stereocenters. The zero-order valence-corrected chi connectivity index (χ0v) is 12.6. The molecule has 1 aromatic carbocycles. The lowest BCUT2D eigenvalue weighted by Gasteiger charge is -2.26. The highest BCUT2D eigenvalue weighted by Gasteiger charge is 2.32. The Morgan fingerprint density at radius 3 is 2.90 bits per heavy atom. The van der Waals surface area contributed by atoms with Gasteiger partial charge in [0.2, 0.25) is 0 Å². The van der Waals surface area contributed by atoms with E-state index in [-0.39, 0.29) is 0 Å². The third-order valence-electron chi connectivity index (χ3n) is 3.47. The average Bonchev–Trinajstić information content (AvgIpc) is 2.82. The van der Waals surface area contributed by atoms with Crippen LogP contribution < -0.4 is 9.62 Å². The Hall–Kier alpha value is -1.18. The minimum atomic E-state index is -3.58. The number of rotatable bonds is 6. The number of anilines is 1. The summed E-state index contributed by atoms with van der Waals surface area (Å²) in [5, 5.41) is 2.98. The Kier molecular flexibility index (Phi) is 4.62. The Bertz CT molecular complexity index is 577. The van der Waals surface area contributed by atoms with E-state index in [0.717, 1.165) is 18.5 Å².